The van der Waals surface area contributed by atoms with E-state index in [1.165, 1.54) is 0 Å². The molecule has 0 aliphatic heterocycles. The van der Waals surface area contributed by atoms with Crippen molar-refractivity contribution in [3.8, 4) is 5.75 Å². The molecule has 2 rings (SSSR count). The molecule has 110 valence electrons. The number of benzene rings is 2. The minimum absolute atomic E-state index is 0.539. The van der Waals surface area contributed by atoms with E-state index < -0.39 is 0 Å². The molecule has 0 unspecified atom stereocenters. The van der Waals surface area contributed by atoms with Crippen LogP contribution in [0.1, 0.15) is 0 Å². The van der Waals surface area contributed by atoms with Crippen molar-refractivity contribution in [2.45, 2.75) is 0 Å². The molecule has 0 aliphatic rings. The van der Waals surface area contributed by atoms with Crippen LogP contribution >= 0.6 is 12.2 Å². The molecule has 4 nitrogen and oxygen atoms in total. The molecule has 0 atom stereocenters. The number of para-hydroxylation sites is 1. The maximum Gasteiger partial charge on any atom is 0.175 e. The third-order valence-electron chi connectivity index (χ3n) is 2.70. The van der Waals surface area contributed by atoms with Crippen molar-refractivity contribution in [3.63, 3.8) is 0 Å². The quantitative estimate of drug-likeness (QED) is 0.631. The Morgan fingerprint density at radius 3 is 2.14 bits per heavy atom. The standard InChI is InChI=1S/C16H18N2O2S/c1-19-11-12-20-15-9-7-14(8-10-15)18-16(21)17-13-5-3-2-4-6-13/h2-10H,11-12H2,1H3,(H2,17,18,21). The molecular weight excluding hydrogens is 284 g/mol. The monoisotopic (exact) mass is 302 g/mol. The van der Waals surface area contributed by atoms with Crippen LogP contribution < -0.4 is 15.4 Å². The summed E-state index contributed by atoms with van der Waals surface area (Å²) in [6.07, 6.45) is 0. The summed E-state index contributed by atoms with van der Waals surface area (Å²) in [6.45, 7) is 1.11. The molecule has 0 saturated heterocycles. The lowest BCUT2D eigenvalue weighted by Gasteiger charge is -2.11. The van der Waals surface area contributed by atoms with Gasteiger partial charge in [-0.15, -0.1) is 0 Å². The highest BCUT2D eigenvalue weighted by Crippen LogP contribution is 2.16. The molecule has 0 radical (unpaired) electrons. The Kier molecular flexibility index (Phi) is 5.99. The van der Waals surface area contributed by atoms with Crippen LogP contribution in [0.4, 0.5) is 11.4 Å². The smallest absolute Gasteiger partial charge is 0.175 e. The van der Waals surface area contributed by atoms with E-state index in [-0.39, 0.29) is 0 Å². The molecule has 0 amide bonds. The lowest BCUT2D eigenvalue weighted by Crippen LogP contribution is -2.18. The van der Waals surface area contributed by atoms with E-state index in [0.29, 0.717) is 18.3 Å². The summed E-state index contributed by atoms with van der Waals surface area (Å²) in [5, 5.41) is 6.79. The van der Waals surface area contributed by atoms with Crippen LogP contribution in [0.2, 0.25) is 0 Å². The van der Waals surface area contributed by atoms with Gasteiger partial charge in [0.2, 0.25) is 0 Å². The molecular formula is C16H18N2O2S. The highest BCUT2D eigenvalue weighted by molar-refractivity contribution is 7.80. The second-order valence-electron chi connectivity index (χ2n) is 4.31. The summed E-state index contributed by atoms with van der Waals surface area (Å²) in [5.41, 5.74) is 1.86. The van der Waals surface area contributed by atoms with Crippen molar-refractivity contribution < 1.29 is 9.47 Å². The fourth-order valence-electron chi connectivity index (χ4n) is 1.69. The van der Waals surface area contributed by atoms with Crippen molar-refractivity contribution in [1.82, 2.24) is 0 Å². The average Bonchev–Trinajstić information content (AvgIpc) is 2.50. The van der Waals surface area contributed by atoms with E-state index in [2.05, 4.69) is 10.6 Å². The number of ether oxygens (including phenoxy) is 2. The Labute approximate surface area is 130 Å². The van der Waals surface area contributed by atoms with Gasteiger partial charge in [-0.1, -0.05) is 18.2 Å². The van der Waals surface area contributed by atoms with Gasteiger partial charge >= 0.3 is 0 Å². The maximum absolute atomic E-state index is 5.50. The van der Waals surface area contributed by atoms with E-state index in [4.69, 9.17) is 21.7 Å². The van der Waals surface area contributed by atoms with Gasteiger partial charge in [-0.25, -0.2) is 0 Å². The van der Waals surface area contributed by atoms with Gasteiger partial charge in [0.1, 0.15) is 12.4 Å². The summed E-state index contributed by atoms with van der Waals surface area (Å²) in [5.74, 6) is 0.805. The van der Waals surface area contributed by atoms with E-state index >= 15 is 0 Å². The Hall–Kier alpha value is -2.11. The Balaban J connectivity index is 1.83. The topological polar surface area (TPSA) is 42.5 Å². The van der Waals surface area contributed by atoms with Crippen LogP contribution in [0.25, 0.3) is 0 Å². The van der Waals surface area contributed by atoms with Gasteiger partial charge in [-0.2, -0.15) is 0 Å². The van der Waals surface area contributed by atoms with Crippen LogP contribution in [-0.4, -0.2) is 25.4 Å². The zero-order valence-electron chi connectivity index (χ0n) is 11.8. The highest BCUT2D eigenvalue weighted by atomic mass is 32.1. The van der Waals surface area contributed by atoms with Gasteiger partial charge in [-0.3, -0.25) is 0 Å². The van der Waals surface area contributed by atoms with Crippen LogP contribution in [0.15, 0.2) is 54.6 Å². The van der Waals surface area contributed by atoms with E-state index in [1.807, 2.05) is 54.6 Å². The first-order chi connectivity index (χ1) is 10.3. The molecule has 0 saturated carbocycles. The number of hydrogen-bond donors (Lipinski definition) is 2. The van der Waals surface area contributed by atoms with Crippen molar-refractivity contribution in [2.24, 2.45) is 0 Å². The third-order valence-corrected chi connectivity index (χ3v) is 2.90. The van der Waals surface area contributed by atoms with Gasteiger partial charge in [0.25, 0.3) is 0 Å². The predicted octanol–water partition coefficient (Wildman–Crippen LogP) is 3.52. The van der Waals surface area contributed by atoms with Crippen LogP contribution in [0.3, 0.4) is 0 Å². The molecule has 0 aliphatic carbocycles. The fraction of sp³-hybridized carbons (Fsp3) is 0.188. The maximum atomic E-state index is 5.50. The molecule has 0 fully saturated rings. The molecule has 2 N–H and O–H groups in total. The van der Waals surface area contributed by atoms with Crippen molar-refractivity contribution in [2.75, 3.05) is 31.0 Å². The van der Waals surface area contributed by atoms with E-state index in [0.717, 1.165) is 17.1 Å². The van der Waals surface area contributed by atoms with Gasteiger partial charge in [0, 0.05) is 18.5 Å². The Morgan fingerprint density at radius 1 is 0.905 bits per heavy atom. The number of hydrogen-bond acceptors (Lipinski definition) is 3. The van der Waals surface area contributed by atoms with Crippen LogP contribution in [-0.2, 0) is 4.74 Å². The first-order valence-electron chi connectivity index (χ1n) is 6.63. The highest BCUT2D eigenvalue weighted by Gasteiger charge is 1.99. The third kappa shape index (κ3) is 5.41. The normalized spacial score (nSPS) is 9.95. The van der Waals surface area contributed by atoms with Crippen molar-refractivity contribution in [3.05, 3.63) is 54.6 Å². The summed E-state index contributed by atoms with van der Waals surface area (Å²) in [6, 6.07) is 17.4. The first kappa shape index (κ1) is 15.3. The molecule has 0 bridgehead atoms. The Bertz CT molecular complexity index is 558. The first-order valence-corrected chi connectivity index (χ1v) is 7.03. The minimum atomic E-state index is 0.539. The van der Waals surface area contributed by atoms with Gasteiger partial charge in [-0.05, 0) is 48.6 Å². The van der Waals surface area contributed by atoms with Crippen LogP contribution in [0.5, 0.6) is 5.75 Å². The summed E-state index contributed by atoms with van der Waals surface area (Å²) < 4.78 is 10.4. The molecule has 0 heterocycles. The van der Waals surface area contributed by atoms with E-state index in [1.54, 1.807) is 7.11 Å². The molecule has 21 heavy (non-hydrogen) atoms. The largest absolute Gasteiger partial charge is 0.491 e. The molecule has 2 aromatic rings. The molecule has 0 spiro atoms. The number of anilines is 2. The van der Waals surface area contributed by atoms with Gasteiger partial charge in [0.15, 0.2) is 5.11 Å². The summed E-state index contributed by atoms with van der Waals surface area (Å²) in [7, 11) is 1.65. The zero-order valence-corrected chi connectivity index (χ0v) is 12.7. The number of thiocarbonyl (C=S) groups is 1. The second-order valence-corrected chi connectivity index (χ2v) is 4.72. The van der Waals surface area contributed by atoms with Crippen LogP contribution in [0, 0.1) is 0 Å². The predicted molar refractivity (Wildman–Crippen MR) is 90.1 cm³/mol. The van der Waals surface area contributed by atoms with Crippen molar-refractivity contribution in [1.29, 1.82) is 0 Å². The molecule has 0 aromatic heterocycles. The minimum Gasteiger partial charge on any atom is -0.491 e. The van der Waals surface area contributed by atoms with Gasteiger partial charge < -0.3 is 20.1 Å². The van der Waals surface area contributed by atoms with E-state index in [9.17, 15) is 0 Å². The molecule has 2 aromatic carbocycles. The average molecular weight is 302 g/mol. The number of rotatable bonds is 6. The number of methoxy groups -OCH3 is 1. The summed E-state index contributed by atoms with van der Waals surface area (Å²) in [4.78, 5) is 0. The molecule has 5 heteroatoms. The number of nitrogens with one attached hydrogen (secondary N) is 2. The van der Waals surface area contributed by atoms with Gasteiger partial charge in [0.05, 0.1) is 6.61 Å². The fourth-order valence-corrected chi connectivity index (χ4v) is 1.93. The second kappa shape index (κ2) is 8.24. The SMILES string of the molecule is COCCOc1ccc(NC(=S)Nc2ccccc2)cc1. The Morgan fingerprint density at radius 2 is 1.52 bits per heavy atom. The zero-order chi connectivity index (χ0) is 14.9. The lowest BCUT2D eigenvalue weighted by atomic mass is 10.3. The summed E-state index contributed by atoms with van der Waals surface area (Å²) >= 11 is 5.27. The lowest BCUT2D eigenvalue weighted by molar-refractivity contribution is 0.146. The van der Waals surface area contributed by atoms with Crippen molar-refractivity contribution >= 4 is 28.7 Å².